The molecule has 0 heterocycles. The third kappa shape index (κ3) is 5.29. The van der Waals surface area contributed by atoms with E-state index in [0.29, 0.717) is 11.4 Å². The monoisotopic (exact) mass is 330 g/mol. The Labute approximate surface area is 133 Å². The third-order valence-electron chi connectivity index (χ3n) is 3.32. The van der Waals surface area contributed by atoms with Crippen LogP contribution in [-0.4, -0.2) is 33.0 Å². The molecule has 0 fully saturated rings. The van der Waals surface area contributed by atoms with Crippen molar-refractivity contribution in [2.75, 3.05) is 18.6 Å². The molecule has 0 spiro atoms. The predicted octanol–water partition coefficient (Wildman–Crippen LogP) is 2.44. The average Bonchev–Trinajstić information content (AvgIpc) is 2.39. The fourth-order valence-corrected chi connectivity index (χ4v) is 4.46. The number of nitrogens with one attached hydrogen (secondary N) is 2. The van der Waals surface area contributed by atoms with E-state index in [9.17, 15) is 8.42 Å². The van der Waals surface area contributed by atoms with Crippen LogP contribution in [0.25, 0.3) is 0 Å². The standard InChI is InChI=1S/C15H26N2O2S2/c1-6-16-9-14-7-11(2)13(4)15(8-14)21(18,19)17-12(3)10-20-5/h7-8,12,16-17H,6,9-10H2,1-5H3. The summed E-state index contributed by atoms with van der Waals surface area (Å²) in [6.07, 6.45) is 1.97. The van der Waals surface area contributed by atoms with Gasteiger partial charge in [0.1, 0.15) is 0 Å². The summed E-state index contributed by atoms with van der Waals surface area (Å²) < 4.78 is 27.9. The van der Waals surface area contributed by atoms with Crippen molar-refractivity contribution in [3.05, 3.63) is 28.8 Å². The number of thioether (sulfide) groups is 1. The molecule has 1 aromatic carbocycles. The van der Waals surface area contributed by atoms with E-state index in [1.807, 2.05) is 40.0 Å². The molecule has 120 valence electrons. The Morgan fingerprint density at radius 3 is 2.52 bits per heavy atom. The predicted molar refractivity (Wildman–Crippen MR) is 91.5 cm³/mol. The summed E-state index contributed by atoms with van der Waals surface area (Å²) in [6, 6.07) is 3.74. The molecule has 1 rings (SSSR count). The smallest absolute Gasteiger partial charge is 0.241 e. The Balaban J connectivity index is 3.12. The second kappa shape index (κ2) is 8.17. The van der Waals surface area contributed by atoms with Crippen LogP contribution in [0.15, 0.2) is 17.0 Å². The quantitative estimate of drug-likeness (QED) is 0.769. The zero-order chi connectivity index (χ0) is 16.0. The van der Waals surface area contributed by atoms with Crippen LogP contribution in [0.4, 0.5) is 0 Å². The molecule has 0 saturated carbocycles. The lowest BCUT2D eigenvalue weighted by atomic mass is 10.1. The van der Waals surface area contributed by atoms with Gasteiger partial charge in [-0.05, 0) is 56.3 Å². The number of rotatable bonds is 8. The Morgan fingerprint density at radius 1 is 1.29 bits per heavy atom. The van der Waals surface area contributed by atoms with E-state index in [1.54, 1.807) is 17.8 Å². The normalized spacial score (nSPS) is 13.4. The van der Waals surface area contributed by atoms with Crippen LogP contribution in [0, 0.1) is 13.8 Å². The molecule has 0 saturated heterocycles. The molecule has 6 heteroatoms. The second-order valence-electron chi connectivity index (χ2n) is 5.29. The maximum absolute atomic E-state index is 12.6. The van der Waals surface area contributed by atoms with E-state index in [0.717, 1.165) is 29.0 Å². The Bertz CT molecular complexity index is 571. The zero-order valence-corrected chi connectivity index (χ0v) is 15.1. The molecular formula is C15H26N2O2S2. The van der Waals surface area contributed by atoms with Gasteiger partial charge in [-0.1, -0.05) is 13.0 Å². The van der Waals surface area contributed by atoms with Gasteiger partial charge in [0, 0.05) is 18.3 Å². The molecule has 0 amide bonds. The van der Waals surface area contributed by atoms with Gasteiger partial charge >= 0.3 is 0 Å². The van der Waals surface area contributed by atoms with Crippen LogP contribution in [-0.2, 0) is 16.6 Å². The molecule has 4 nitrogen and oxygen atoms in total. The molecule has 0 aromatic heterocycles. The van der Waals surface area contributed by atoms with Crippen LogP contribution >= 0.6 is 11.8 Å². The van der Waals surface area contributed by atoms with E-state index < -0.39 is 10.0 Å². The van der Waals surface area contributed by atoms with Crippen molar-refractivity contribution in [1.82, 2.24) is 10.0 Å². The zero-order valence-electron chi connectivity index (χ0n) is 13.5. The van der Waals surface area contributed by atoms with Gasteiger partial charge in [0.2, 0.25) is 10.0 Å². The topological polar surface area (TPSA) is 58.2 Å². The second-order valence-corrected chi connectivity index (χ2v) is 7.89. The summed E-state index contributed by atoms with van der Waals surface area (Å²) >= 11 is 1.63. The molecule has 0 aliphatic carbocycles. The van der Waals surface area contributed by atoms with Crippen molar-refractivity contribution in [2.24, 2.45) is 0 Å². The lowest BCUT2D eigenvalue weighted by Gasteiger charge is -2.17. The summed E-state index contributed by atoms with van der Waals surface area (Å²) in [4.78, 5) is 0.392. The van der Waals surface area contributed by atoms with E-state index in [4.69, 9.17) is 0 Å². The van der Waals surface area contributed by atoms with Gasteiger partial charge in [-0.2, -0.15) is 11.8 Å². The summed E-state index contributed by atoms with van der Waals surface area (Å²) in [5, 5.41) is 3.23. The van der Waals surface area contributed by atoms with E-state index in [-0.39, 0.29) is 6.04 Å². The van der Waals surface area contributed by atoms with Crippen LogP contribution < -0.4 is 10.0 Å². The van der Waals surface area contributed by atoms with Crippen molar-refractivity contribution >= 4 is 21.8 Å². The summed E-state index contributed by atoms with van der Waals surface area (Å²) in [5.41, 5.74) is 2.82. The van der Waals surface area contributed by atoms with E-state index in [2.05, 4.69) is 10.0 Å². The summed E-state index contributed by atoms with van der Waals surface area (Å²) in [7, 11) is -3.47. The SMILES string of the molecule is CCNCc1cc(C)c(C)c(S(=O)(=O)NC(C)CSC)c1. The molecule has 1 aromatic rings. The molecule has 0 aliphatic rings. The van der Waals surface area contributed by atoms with E-state index in [1.165, 1.54) is 0 Å². The van der Waals surface area contributed by atoms with Gasteiger partial charge in [-0.15, -0.1) is 0 Å². The van der Waals surface area contributed by atoms with Crippen LogP contribution in [0.1, 0.15) is 30.5 Å². The maximum atomic E-state index is 12.6. The number of hydrogen-bond donors (Lipinski definition) is 2. The number of sulfonamides is 1. The fourth-order valence-electron chi connectivity index (χ4n) is 2.16. The summed E-state index contributed by atoms with van der Waals surface area (Å²) in [6.45, 7) is 9.27. The van der Waals surface area contributed by atoms with Crippen LogP contribution in [0.3, 0.4) is 0 Å². The highest BCUT2D eigenvalue weighted by molar-refractivity contribution is 7.98. The van der Waals surface area contributed by atoms with E-state index >= 15 is 0 Å². The lowest BCUT2D eigenvalue weighted by molar-refractivity contribution is 0.570. The molecule has 0 bridgehead atoms. The van der Waals surface area contributed by atoms with Crippen LogP contribution in [0.5, 0.6) is 0 Å². The Morgan fingerprint density at radius 2 is 1.95 bits per heavy atom. The minimum atomic E-state index is -3.47. The highest BCUT2D eigenvalue weighted by Gasteiger charge is 2.21. The van der Waals surface area contributed by atoms with Crippen molar-refractivity contribution < 1.29 is 8.42 Å². The van der Waals surface area contributed by atoms with Gasteiger partial charge in [0.05, 0.1) is 4.90 Å². The fraction of sp³-hybridized carbons (Fsp3) is 0.600. The summed E-state index contributed by atoms with van der Waals surface area (Å²) in [5.74, 6) is 0.758. The molecule has 2 N–H and O–H groups in total. The van der Waals surface area contributed by atoms with Crippen molar-refractivity contribution in [2.45, 2.75) is 45.2 Å². The van der Waals surface area contributed by atoms with Gasteiger partial charge in [-0.25, -0.2) is 13.1 Å². The Hall–Kier alpha value is -0.560. The van der Waals surface area contributed by atoms with Gasteiger partial charge in [-0.3, -0.25) is 0 Å². The third-order valence-corrected chi connectivity index (χ3v) is 5.87. The first-order valence-corrected chi connectivity index (χ1v) is 10.0. The first-order chi connectivity index (χ1) is 9.81. The average molecular weight is 331 g/mol. The highest BCUT2D eigenvalue weighted by atomic mass is 32.2. The van der Waals surface area contributed by atoms with Crippen molar-refractivity contribution in [3.8, 4) is 0 Å². The number of benzene rings is 1. The van der Waals surface area contributed by atoms with Gasteiger partial charge < -0.3 is 5.32 Å². The van der Waals surface area contributed by atoms with Crippen LogP contribution in [0.2, 0.25) is 0 Å². The number of aryl methyl sites for hydroxylation is 1. The minimum Gasteiger partial charge on any atom is -0.313 e. The largest absolute Gasteiger partial charge is 0.313 e. The van der Waals surface area contributed by atoms with Crippen molar-refractivity contribution in [1.29, 1.82) is 0 Å². The molecule has 0 radical (unpaired) electrons. The molecule has 1 unspecified atom stereocenters. The molecule has 21 heavy (non-hydrogen) atoms. The minimum absolute atomic E-state index is 0.0814. The Kier molecular flexibility index (Phi) is 7.20. The first kappa shape index (κ1) is 18.5. The van der Waals surface area contributed by atoms with Gasteiger partial charge in [0.25, 0.3) is 0 Å². The highest BCUT2D eigenvalue weighted by Crippen LogP contribution is 2.21. The lowest BCUT2D eigenvalue weighted by Crippen LogP contribution is -2.34. The van der Waals surface area contributed by atoms with Crippen molar-refractivity contribution in [3.63, 3.8) is 0 Å². The molecule has 1 atom stereocenters. The first-order valence-electron chi connectivity index (χ1n) is 7.14. The molecular weight excluding hydrogens is 304 g/mol. The number of hydrogen-bond acceptors (Lipinski definition) is 4. The maximum Gasteiger partial charge on any atom is 0.241 e. The molecule has 0 aliphatic heterocycles. The van der Waals surface area contributed by atoms with Gasteiger partial charge in [0.15, 0.2) is 0 Å².